The van der Waals surface area contributed by atoms with Gasteiger partial charge >= 0.3 is 12.0 Å². The number of amides is 2. The molecule has 1 aromatic rings. The van der Waals surface area contributed by atoms with Crippen LogP contribution in [-0.2, 0) is 11.3 Å². The van der Waals surface area contributed by atoms with Gasteiger partial charge in [0.05, 0.1) is 5.41 Å². The molecule has 1 fully saturated rings. The van der Waals surface area contributed by atoms with Gasteiger partial charge in [-0.05, 0) is 25.5 Å². The van der Waals surface area contributed by atoms with Crippen molar-refractivity contribution in [3.63, 3.8) is 0 Å². The van der Waals surface area contributed by atoms with Crippen LogP contribution >= 0.6 is 11.6 Å². The zero-order chi connectivity index (χ0) is 15.6. The number of hydrogen-bond acceptors (Lipinski definition) is 2. The molecular weight excluding hydrogens is 299 g/mol. The van der Waals surface area contributed by atoms with E-state index in [1.54, 1.807) is 13.0 Å². The van der Waals surface area contributed by atoms with E-state index in [0.717, 1.165) is 0 Å². The summed E-state index contributed by atoms with van der Waals surface area (Å²) in [6.07, 6.45) is 0.408. The number of urea groups is 1. The molecule has 0 spiro atoms. The van der Waals surface area contributed by atoms with Gasteiger partial charge in [0, 0.05) is 30.2 Å². The van der Waals surface area contributed by atoms with E-state index in [2.05, 4.69) is 5.32 Å². The molecule has 0 bridgehead atoms. The van der Waals surface area contributed by atoms with E-state index in [4.69, 9.17) is 16.7 Å². The highest BCUT2D eigenvalue weighted by atomic mass is 35.5. The Hall–Kier alpha value is -1.82. The number of halogens is 2. The van der Waals surface area contributed by atoms with Crippen molar-refractivity contribution in [3.8, 4) is 0 Å². The fraction of sp³-hybridized carbons (Fsp3) is 0.429. The number of likely N-dealkylation sites (tertiary alicyclic amines) is 1. The van der Waals surface area contributed by atoms with Crippen LogP contribution in [-0.4, -0.2) is 35.1 Å². The molecule has 1 aliphatic rings. The zero-order valence-electron chi connectivity index (χ0n) is 11.5. The first kappa shape index (κ1) is 15.6. The summed E-state index contributed by atoms with van der Waals surface area (Å²) in [6, 6.07) is 3.84. The van der Waals surface area contributed by atoms with Gasteiger partial charge in [0.15, 0.2) is 0 Å². The van der Waals surface area contributed by atoms with E-state index in [1.165, 1.54) is 17.0 Å². The third-order valence-corrected chi connectivity index (χ3v) is 3.96. The Morgan fingerprint density at radius 1 is 1.52 bits per heavy atom. The molecule has 7 heteroatoms. The molecular formula is C14H16ClFN2O3. The Labute approximate surface area is 126 Å². The second-order valence-corrected chi connectivity index (χ2v) is 5.87. The SMILES string of the molecule is CC1(C(=O)O)CCN(C(=O)NCc2ccc(Cl)cc2F)C1. The van der Waals surface area contributed by atoms with Crippen molar-refractivity contribution in [2.24, 2.45) is 5.41 Å². The maximum absolute atomic E-state index is 13.6. The van der Waals surface area contributed by atoms with Crippen molar-refractivity contribution in [2.75, 3.05) is 13.1 Å². The molecule has 0 aliphatic carbocycles. The van der Waals surface area contributed by atoms with Gasteiger partial charge in [0.2, 0.25) is 0 Å². The largest absolute Gasteiger partial charge is 0.481 e. The zero-order valence-corrected chi connectivity index (χ0v) is 12.3. The van der Waals surface area contributed by atoms with E-state index in [1.807, 2.05) is 0 Å². The van der Waals surface area contributed by atoms with E-state index in [9.17, 15) is 14.0 Å². The van der Waals surface area contributed by atoms with Gasteiger partial charge in [-0.15, -0.1) is 0 Å². The van der Waals surface area contributed by atoms with Crippen LogP contribution in [0.3, 0.4) is 0 Å². The second-order valence-electron chi connectivity index (χ2n) is 5.43. The fourth-order valence-corrected chi connectivity index (χ4v) is 2.42. The predicted octanol–water partition coefficient (Wildman–Crippen LogP) is 2.49. The minimum absolute atomic E-state index is 0.0299. The lowest BCUT2D eigenvalue weighted by atomic mass is 9.90. The number of rotatable bonds is 3. The molecule has 0 aromatic heterocycles. The van der Waals surface area contributed by atoms with Crippen LogP contribution < -0.4 is 5.32 Å². The number of carbonyl (C=O) groups excluding carboxylic acids is 1. The maximum Gasteiger partial charge on any atom is 0.317 e. The Morgan fingerprint density at radius 3 is 2.81 bits per heavy atom. The van der Waals surface area contributed by atoms with Gasteiger partial charge in [-0.2, -0.15) is 0 Å². The summed E-state index contributed by atoms with van der Waals surface area (Å²) in [5.41, 5.74) is -0.587. The summed E-state index contributed by atoms with van der Waals surface area (Å²) < 4.78 is 13.6. The molecule has 1 unspecified atom stereocenters. The Bertz CT molecular complexity index is 581. The smallest absolute Gasteiger partial charge is 0.317 e. The number of aliphatic carboxylic acids is 1. The van der Waals surface area contributed by atoms with E-state index >= 15 is 0 Å². The molecule has 2 amide bonds. The van der Waals surface area contributed by atoms with Crippen molar-refractivity contribution in [3.05, 3.63) is 34.6 Å². The summed E-state index contributed by atoms with van der Waals surface area (Å²) in [7, 11) is 0. The molecule has 1 heterocycles. The van der Waals surface area contributed by atoms with Gasteiger partial charge in [0.1, 0.15) is 5.82 Å². The molecule has 2 rings (SSSR count). The van der Waals surface area contributed by atoms with Crippen LogP contribution in [0, 0.1) is 11.2 Å². The first-order valence-corrected chi connectivity index (χ1v) is 6.90. The molecule has 114 valence electrons. The molecule has 0 saturated carbocycles. The first-order valence-electron chi connectivity index (χ1n) is 6.52. The summed E-state index contributed by atoms with van der Waals surface area (Å²) in [5, 5.41) is 12.0. The van der Waals surface area contributed by atoms with E-state index in [0.29, 0.717) is 23.6 Å². The lowest BCUT2D eigenvalue weighted by Crippen LogP contribution is -2.40. The van der Waals surface area contributed by atoms with Gasteiger partial charge in [-0.3, -0.25) is 4.79 Å². The molecule has 0 radical (unpaired) electrons. The average Bonchev–Trinajstić information content (AvgIpc) is 2.82. The molecule has 1 saturated heterocycles. The third kappa shape index (κ3) is 3.44. The lowest BCUT2D eigenvalue weighted by Gasteiger charge is -2.20. The lowest BCUT2D eigenvalue weighted by molar-refractivity contribution is -0.146. The van der Waals surface area contributed by atoms with Crippen LogP contribution in [0.4, 0.5) is 9.18 Å². The van der Waals surface area contributed by atoms with Crippen LogP contribution in [0.15, 0.2) is 18.2 Å². The normalized spacial score (nSPS) is 21.4. The fourth-order valence-electron chi connectivity index (χ4n) is 2.26. The number of nitrogens with zero attached hydrogens (tertiary/aromatic N) is 1. The van der Waals surface area contributed by atoms with Gasteiger partial charge < -0.3 is 15.3 Å². The Balaban J connectivity index is 1.93. The molecule has 1 aliphatic heterocycles. The van der Waals surface area contributed by atoms with E-state index in [-0.39, 0.29) is 13.1 Å². The maximum atomic E-state index is 13.6. The number of carbonyl (C=O) groups is 2. The molecule has 2 N–H and O–H groups in total. The monoisotopic (exact) mass is 314 g/mol. The van der Waals surface area contributed by atoms with Crippen LogP contribution in [0.25, 0.3) is 0 Å². The Morgan fingerprint density at radius 2 is 2.24 bits per heavy atom. The van der Waals surface area contributed by atoms with Crippen LogP contribution in [0.2, 0.25) is 5.02 Å². The summed E-state index contributed by atoms with van der Waals surface area (Å²) in [4.78, 5) is 24.5. The highest BCUT2D eigenvalue weighted by Gasteiger charge is 2.42. The molecule has 5 nitrogen and oxygen atoms in total. The topological polar surface area (TPSA) is 69.6 Å². The molecule has 1 aromatic carbocycles. The van der Waals surface area contributed by atoms with Crippen molar-refractivity contribution >= 4 is 23.6 Å². The van der Waals surface area contributed by atoms with Crippen LogP contribution in [0.1, 0.15) is 18.9 Å². The highest BCUT2D eigenvalue weighted by molar-refractivity contribution is 6.30. The predicted molar refractivity (Wildman–Crippen MR) is 75.6 cm³/mol. The molecule has 21 heavy (non-hydrogen) atoms. The number of hydrogen-bond donors (Lipinski definition) is 2. The number of benzene rings is 1. The number of carboxylic acid groups (broad SMARTS) is 1. The second kappa shape index (κ2) is 5.89. The van der Waals surface area contributed by atoms with Crippen molar-refractivity contribution in [2.45, 2.75) is 19.9 Å². The number of carboxylic acids is 1. The van der Waals surface area contributed by atoms with Gasteiger partial charge in [-0.1, -0.05) is 17.7 Å². The molecule has 1 atom stereocenters. The van der Waals surface area contributed by atoms with Crippen molar-refractivity contribution in [1.29, 1.82) is 0 Å². The quantitative estimate of drug-likeness (QED) is 0.900. The van der Waals surface area contributed by atoms with Crippen molar-refractivity contribution < 1.29 is 19.1 Å². The summed E-state index contributed by atoms with van der Waals surface area (Å²) in [5.74, 6) is -1.40. The Kier molecular flexibility index (Phi) is 4.37. The first-order chi connectivity index (χ1) is 9.82. The third-order valence-electron chi connectivity index (χ3n) is 3.72. The summed E-state index contributed by atoms with van der Waals surface area (Å²) >= 11 is 5.65. The van der Waals surface area contributed by atoms with Crippen molar-refractivity contribution in [1.82, 2.24) is 10.2 Å². The number of nitrogens with one attached hydrogen (secondary N) is 1. The van der Waals surface area contributed by atoms with Gasteiger partial charge in [0.25, 0.3) is 0 Å². The highest BCUT2D eigenvalue weighted by Crippen LogP contribution is 2.30. The minimum atomic E-state index is -0.915. The van der Waals surface area contributed by atoms with E-state index < -0.39 is 23.2 Å². The average molecular weight is 315 g/mol. The van der Waals surface area contributed by atoms with Crippen LogP contribution in [0.5, 0.6) is 0 Å². The standard InChI is InChI=1S/C14H16ClFN2O3/c1-14(12(19)20)4-5-18(8-14)13(21)17-7-9-2-3-10(15)6-11(9)16/h2-3,6H,4-5,7-8H2,1H3,(H,17,21)(H,19,20). The minimum Gasteiger partial charge on any atom is -0.481 e. The summed E-state index contributed by atoms with van der Waals surface area (Å²) in [6.45, 7) is 2.17. The van der Waals surface area contributed by atoms with Gasteiger partial charge in [-0.25, -0.2) is 9.18 Å².